The molecule has 26 heavy (non-hydrogen) atoms. The highest BCUT2D eigenvalue weighted by molar-refractivity contribution is 7.91. The van der Waals surface area contributed by atoms with Crippen LogP contribution in [-0.4, -0.2) is 35.3 Å². The molecule has 2 heterocycles. The Bertz CT molecular complexity index is 1100. The summed E-state index contributed by atoms with van der Waals surface area (Å²) in [4.78, 5) is 7.87. The summed E-state index contributed by atoms with van der Waals surface area (Å²) in [6.07, 6.45) is 1.16. The minimum atomic E-state index is -4.03. The van der Waals surface area contributed by atoms with Crippen LogP contribution < -0.4 is 10.5 Å². The van der Waals surface area contributed by atoms with Crippen LogP contribution in [0.3, 0.4) is 0 Å². The van der Waals surface area contributed by atoms with E-state index < -0.39 is 9.84 Å². The van der Waals surface area contributed by atoms with Gasteiger partial charge < -0.3 is 10.5 Å². The fraction of sp³-hybridized carbons (Fsp3) is 0.188. The zero-order valence-electron chi connectivity index (χ0n) is 14.3. The average Bonchev–Trinajstić information content (AvgIpc) is 2.92. The van der Waals surface area contributed by atoms with E-state index >= 15 is 0 Å². The largest absolute Gasteiger partial charge is 0.495 e. The molecule has 2 N–H and O–H groups in total. The second-order valence-electron chi connectivity index (χ2n) is 5.56. The molecule has 0 bridgehead atoms. The molecule has 0 aliphatic heterocycles. The molecule has 0 fully saturated rings. The van der Waals surface area contributed by atoms with Crippen molar-refractivity contribution in [3.05, 3.63) is 46.9 Å². The first-order chi connectivity index (χ1) is 12.2. The van der Waals surface area contributed by atoms with Gasteiger partial charge in [-0.05, 0) is 38.1 Å². The van der Waals surface area contributed by atoms with E-state index in [9.17, 15) is 8.42 Å². The van der Waals surface area contributed by atoms with Gasteiger partial charge in [0.2, 0.25) is 9.84 Å². The zero-order valence-corrected chi connectivity index (χ0v) is 15.8. The first kappa shape index (κ1) is 18.2. The van der Waals surface area contributed by atoms with E-state index in [1.165, 1.54) is 30.0 Å². The van der Waals surface area contributed by atoms with Crippen molar-refractivity contribution >= 4 is 27.3 Å². The Morgan fingerprint density at radius 3 is 2.50 bits per heavy atom. The molecule has 0 amide bonds. The smallest absolute Gasteiger partial charge is 0.252 e. The van der Waals surface area contributed by atoms with Gasteiger partial charge in [-0.25, -0.2) is 18.1 Å². The van der Waals surface area contributed by atoms with Crippen molar-refractivity contribution in [2.45, 2.75) is 23.6 Å². The standard InChI is InChI=1S/C16H16ClN5O3S/c1-9-6-10(2)22(21-9)16-19-8-14(15(18)20-16)26(23,24)13-7-11(17)4-5-12(13)25-3/h4-8H,1-3H3,(H2,18,19,20). The van der Waals surface area contributed by atoms with Gasteiger partial charge in [0.1, 0.15) is 21.4 Å². The average molecular weight is 394 g/mol. The van der Waals surface area contributed by atoms with Crippen LogP contribution >= 0.6 is 11.6 Å². The molecule has 0 radical (unpaired) electrons. The van der Waals surface area contributed by atoms with Gasteiger partial charge in [0, 0.05) is 10.7 Å². The summed E-state index contributed by atoms with van der Waals surface area (Å²) in [5.74, 6) is 0.145. The number of anilines is 1. The fourth-order valence-corrected chi connectivity index (χ4v) is 4.18. The quantitative estimate of drug-likeness (QED) is 0.723. The number of nitrogen functional groups attached to an aromatic ring is 1. The molecule has 10 heteroatoms. The number of hydrogen-bond acceptors (Lipinski definition) is 7. The van der Waals surface area contributed by atoms with E-state index in [0.717, 1.165) is 17.6 Å². The van der Waals surface area contributed by atoms with Crippen LogP contribution in [-0.2, 0) is 9.84 Å². The molecule has 0 saturated carbocycles. The zero-order chi connectivity index (χ0) is 19.1. The number of ether oxygens (including phenoxy) is 1. The van der Waals surface area contributed by atoms with Crippen molar-refractivity contribution in [3.63, 3.8) is 0 Å². The predicted octanol–water partition coefficient (Wildman–Crippen LogP) is 2.36. The molecule has 136 valence electrons. The summed E-state index contributed by atoms with van der Waals surface area (Å²) in [5, 5.41) is 4.51. The molecule has 0 aliphatic carbocycles. The maximum atomic E-state index is 13.0. The van der Waals surface area contributed by atoms with E-state index in [0.29, 0.717) is 0 Å². The number of aryl methyl sites for hydroxylation is 2. The summed E-state index contributed by atoms with van der Waals surface area (Å²) >= 11 is 5.94. The molecule has 0 unspecified atom stereocenters. The van der Waals surface area contributed by atoms with Crippen LogP contribution in [0.25, 0.3) is 5.95 Å². The molecule has 3 aromatic rings. The van der Waals surface area contributed by atoms with Crippen LogP contribution in [0, 0.1) is 13.8 Å². The third kappa shape index (κ3) is 3.11. The lowest BCUT2D eigenvalue weighted by molar-refractivity contribution is 0.402. The molecular formula is C16H16ClN5O3S. The van der Waals surface area contributed by atoms with E-state index in [-0.39, 0.29) is 32.3 Å². The lowest BCUT2D eigenvalue weighted by Crippen LogP contribution is -2.13. The molecule has 0 aliphatic rings. The van der Waals surface area contributed by atoms with E-state index in [2.05, 4.69) is 15.1 Å². The number of aromatic nitrogens is 4. The lowest BCUT2D eigenvalue weighted by Gasteiger charge is -2.12. The Balaban J connectivity index is 2.13. The number of nitrogens with two attached hydrogens (primary N) is 1. The van der Waals surface area contributed by atoms with Crippen LogP contribution in [0.2, 0.25) is 5.02 Å². The van der Waals surface area contributed by atoms with Crippen molar-refractivity contribution in [2.75, 3.05) is 12.8 Å². The molecule has 1 aromatic carbocycles. The summed E-state index contributed by atoms with van der Waals surface area (Å²) in [7, 11) is -2.66. The number of rotatable bonds is 4. The van der Waals surface area contributed by atoms with Gasteiger partial charge in [0.25, 0.3) is 5.95 Å². The maximum Gasteiger partial charge on any atom is 0.252 e. The third-order valence-electron chi connectivity index (χ3n) is 3.67. The van der Waals surface area contributed by atoms with Crippen molar-refractivity contribution in [1.82, 2.24) is 19.7 Å². The Morgan fingerprint density at radius 2 is 1.92 bits per heavy atom. The Hall–Kier alpha value is -2.65. The fourth-order valence-electron chi connectivity index (χ4n) is 2.49. The molecular weight excluding hydrogens is 378 g/mol. The first-order valence-electron chi connectivity index (χ1n) is 7.49. The van der Waals surface area contributed by atoms with Gasteiger partial charge in [-0.2, -0.15) is 10.1 Å². The predicted molar refractivity (Wildman–Crippen MR) is 96.5 cm³/mol. The van der Waals surface area contributed by atoms with Gasteiger partial charge in [-0.15, -0.1) is 0 Å². The van der Waals surface area contributed by atoms with E-state index in [1.807, 2.05) is 19.9 Å². The van der Waals surface area contributed by atoms with Gasteiger partial charge in [0.05, 0.1) is 19.0 Å². The molecule has 2 aromatic heterocycles. The second-order valence-corrected chi connectivity index (χ2v) is 7.88. The number of methoxy groups -OCH3 is 1. The monoisotopic (exact) mass is 393 g/mol. The third-order valence-corrected chi connectivity index (χ3v) is 5.70. The van der Waals surface area contributed by atoms with Crippen molar-refractivity contribution in [1.29, 1.82) is 0 Å². The van der Waals surface area contributed by atoms with Crippen LogP contribution in [0.15, 0.2) is 40.3 Å². The normalized spacial score (nSPS) is 11.5. The highest BCUT2D eigenvalue weighted by Crippen LogP contribution is 2.33. The number of nitrogens with zero attached hydrogens (tertiary/aromatic N) is 4. The summed E-state index contributed by atoms with van der Waals surface area (Å²) in [6.45, 7) is 3.66. The van der Waals surface area contributed by atoms with Gasteiger partial charge >= 0.3 is 0 Å². The molecule has 0 spiro atoms. The van der Waals surface area contributed by atoms with E-state index in [4.69, 9.17) is 22.1 Å². The van der Waals surface area contributed by atoms with Gasteiger partial charge in [0.15, 0.2) is 0 Å². The number of benzene rings is 1. The molecule has 0 saturated heterocycles. The molecule has 3 rings (SSSR count). The second kappa shape index (κ2) is 6.58. The highest BCUT2D eigenvalue weighted by atomic mass is 35.5. The Kier molecular flexibility index (Phi) is 4.59. The maximum absolute atomic E-state index is 13.0. The SMILES string of the molecule is COc1ccc(Cl)cc1S(=O)(=O)c1cnc(-n2nc(C)cc2C)nc1N. The van der Waals surface area contributed by atoms with Crippen molar-refractivity contribution in [2.24, 2.45) is 0 Å². The van der Waals surface area contributed by atoms with Crippen LogP contribution in [0.4, 0.5) is 5.82 Å². The molecule has 0 atom stereocenters. The number of sulfone groups is 1. The van der Waals surface area contributed by atoms with Crippen LogP contribution in [0.5, 0.6) is 5.75 Å². The summed E-state index contributed by atoms with van der Waals surface area (Å²) < 4.78 is 32.6. The van der Waals surface area contributed by atoms with Crippen LogP contribution in [0.1, 0.15) is 11.4 Å². The van der Waals surface area contributed by atoms with E-state index in [1.54, 1.807) is 0 Å². The van der Waals surface area contributed by atoms with Crippen molar-refractivity contribution in [3.8, 4) is 11.7 Å². The first-order valence-corrected chi connectivity index (χ1v) is 9.35. The topological polar surface area (TPSA) is 113 Å². The number of hydrogen-bond donors (Lipinski definition) is 1. The minimum Gasteiger partial charge on any atom is -0.495 e. The Morgan fingerprint density at radius 1 is 1.19 bits per heavy atom. The van der Waals surface area contributed by atoms with Gasteiger partial charge in [-0.3, -0.25) is 0 Å². The highest BCUT2D eigenvalue weighted by Gasteiger charge is 2.27. The van der Waals surface area contributed by atoms with Crippen molar-refractivity contribution < 1.29 is 13.2 Å². The summed E-state index contributed by atoms with van der Waals surface area (Å²) in [5.41, 5.74) is 7.51. The minimum absolute atomic E-state index is 0.110. The Labute approximate surface area is 155 Å². The lowest BCUT2D eigenvalue weighted by atomic mass is 10.3. The summed E-state index contributed by atoms with van der Waals surface area (Å²) in [6, 6.07) is 6.15. The number of halogens is 1. The molecule has 8 nitrogen and oxygen atoms in total. The van der Waals surface area contributed by atoms with Gasteiger partial charge in [-0.1, -0.05) is 11.6 Å².